The highest BCUT2D eigenvalue weighted by Crippen LogP contribution is 2.39. The number of rotatable bonds is 2. The van der Waals surface area contributed by atoms with Crippen molar-refractivity contribution in [3.05, 3.63) is 53.3 Å². The summed E-state index contributed by atoms with van der Waals surface area (Å²) in [5.41, 5.74) is 3.20. The number of hydrogen-bond acceptors (Lipinski definition) is 2. The van der Waals surface area contributed by atoms with Crippen molar-refractivity contribution in [2.45, 2.75) is 6.18 Å². The molecule has 0 aliphatic carbocycles. The molecule has 0 fully saturated rings. The molecule has 110 valence electrons. The second-order valence-corrected chi connectivity index (χ2v) is 4.29. The molecule has 2 rings (SSSR count). The van der Waals surface area contributed by atoms with E-state index in [-0.39, 0.29) is 16.8 Å². The van der Waals surface area contributed by atoms with Crippen LogP contribution in [-0.2, 0) is 6.18 Å². The first-order valence-electron chi connectivity index (χ1n) is 5.70. The first kappa shape index (κ1) is 14.8. The van der Waals surface area contributed by atoms with Gasteiger partial charge in [0, 0.05) is 5.69 Å². The van der Waals surface area contributed by atoms with Crippen LogP contribution in [0.5, 0.6) is 0 Å². The molecule has 0 saturated carbocycles. The minimum absolute atomic E-state index is 0.0902. The zero-order valence-electron chi connectivity index (χ0n) is 10.4. The average Bonchev–Trinajstić information content (AvgIpc) is 2.37. The van der Waals surface area contributed by atoms with E-state index in [1.807, 2.05) is 0 Å². The SMILES string of the molecule is Nc1cc(-c2ccc(F)cc2)c(C(F)(F)F)cc1C(=O)O. The maximum atomic E-state index is 13.1. The Morgan fingerprint density at radius 2 is 1.67 bits per heavy atom. The monoisotopic (exact) mass is 299 g/mol. The molecule has 0 amide bonds. The van der Waals surface area contributed by atoms with Gasteiger partial charge in [0.1, 0.15) is 5.82 Å². The molecule has 0 radical (unpaired) electrons. The largest absolute Gasteiger partial charge is 0.478 e. The topological polar surface area (TPSA) is 63.3 Å². The molecule has 3 N–H and O–H groups in total. The summed E-state index contributed by atoms with van der Waals surface area (Å²) in [5, 5.41) is 8.86. The van der Waals surface area contributed by atoms with Gasteiger partial charge in [0.15, 0.2) is 0 Å². The van der Waals surface area contributed by atoms with Gasteiger partial charge in [0.25, 0.3) is 0 Å². The molecule has 0 aliphatic heterocycles. The van der Waals surface area contributed by atoms with Crippen LogP contribution in [0.25, 0.3) is 11.1 Å². The maximum absolute atomic E-state index is 13.1. The first-order valence-corrected chi connectivity index (χ1v) is 5.70. The second kappa shape index (κ2) is 5.08. The number of alkyl halides is 3. The lowest BCUT2D eigenvalue weighted by Crippen LogP contribution is -2.12. The molecule has 2 aromatic carbocycles. The smallest absolute Gasteiger partial charge is 0.417 e. The number of hydrogen-bond donors (Lipinski definition) is 2. The fourth-order valence-electron chi connectivity index (χ4n) is 1.90. The molecule has 0 saturated heterocycles. The van der Waals surface area contributed by atoms with Gasteiger partial charge in [-0.3, -0.25) is 0 Å². The molecule has 7 heteroatoms. The lowest BCUT2D eigenvalue weighted by atomic mass is 9.95. The molecule has 0 unspecified atom stereocenters. The molecule has 2 aromatic rings. The lowest BCUT2D eigenvalue weighted by molar-refractivity contribution is -0.137. The summed E-state index contributed by atoms with van der Waals surface area (Å²) in [5.74, 6) is -2.15. The maximum Gasteiger partial charge on any atom is 0.417 e. The van der Waals surface area contributed by atoms with Crippen molar-refractivity contribution < 1.29 is 27.5 Å². The van der Waals surface area contributed by atoms with Gasteiger partial charge in [-0.25, -0.2) is 9.18 Å². The van der Waals surface area contributed by atoms with Gasteiger partial charge in [-0.05, 0) is 35.4 Å². The Labute approximate surface area is 116 Å². The number of anilines is 1. The number of carboxylic acid groups (broad SMARTS) is 1. The highest BCUT2D eigenvalue weighted by molar-refractivity contribution is 5.95. The standard InChI is InChI=1S/C14H9F4NO2/c15-8-3-1-7(2-4-8)9-6-12(19)10(13(20)21)5-11(9)14(16,17)18/h1-6H,19H2,(H,20,21). The van der Waals surface area contributed by atoms with Crippen molar-refractivity contribution in [1.29, 1.82) is 0 Å². The predicted molar refractivity (Wildman–Crippen MR) is 68.2 cm³/mol. The van der Waals surface area contributed by atoms with E-state index in [9.17, 15) is 22.4 Å². The number of nitrogen functional groups attached to an aromatic ring is 1. The van der Waals surface area contributed by atoms with Crippen LogP contribution >= 0.6 is 0 Å². The highest BCUT2D eigenvalue weighted by atomic mass is 19.4. The minimum Gasteiger partial charge on any atom is -0.478 e. The van der Waals surface area contributed by atoms with E-state index in [1.165, 1.54) is 12.1 Å². The van der Waals surface area contributed by atoms with Crippen LogP contribution in [0.4, 0.5) is 23.2 Å². The number of carbonyl (C=O) groups is 1. The van der Waals surface area contributed by atoms with Crippen LogP contribution in [0.2, 0.25) is 0 Å². The molecule has 0 atom stereocenters. The van der Waals surface area contributed by atoms with Crippen molar-refractivity contribution in [1.82, 2.24) is 0 Å². The first-order chi connectivity index (χ1) is 9.70. The van der Waals surface area contributed by atoms with Crippen LogP contribution < -0.4 is 5.73 Å². The summed E-state index contributed by atoms with van der Waals surface area (Å²) in [6.45, 7) is 0. The van der Waals surface area contributed by atoms with Crippen molar-refractivity contribution >= 4 is 11.7 Å². The molecule has 0 aliphatic rings. The Balaban J connectivity index is 2.72. The summed E-state index contributed by atoms with van der Waals surface area (Å²) in [7, 11) is 0. The zero-order chi connectivity index (χ0) is 15.8. The van der Waals surface area contributed by atoms with Gasteiger partial charge in [0.2, 0.25) is 0 Å². The van der Waals surface area contributed by atoms with E-state index in [0.717, 1.165) is 18.2 Å². The predicted octanol–water partition coefficient (Wildman–Crippen LogP) is 3.79. The van der Waals surface area contributed by atoms with Crippen molar-refractivity contribution in [2.24, 2.45) is 0 Å². The summed E-state index contributed by atoms with van der Waals surface area (Å²) in [6, 6.07) is 5.77. The van der Waals surface area contributed by atoms with Crippen molar-refractivity contribution in [3.8, 4) is 11.1 Å². The van der Waals surface area contributed by atoms with E-state index in [0.29, 0.717) is 6.07 Å². The number of carboxylic acids is 1. The second-order valence-electron chi connectivity index (χ2n) is 4.29. The zero-order valence-corrected chi connectivity index (χ0v) is 10.4. The average molecular weight is 299 g/mol. The Bertz CT molecular complexity index is 693. The summed E-state index contributed by atoms with van der Waals surface area (Å²) in [6.07, 6.45) is -4.76. The molecular formula is C14H9F4NO2. The molecule has 0 heterocycles. The van der Waals surface area contributed by atoms with Gasteiger partial charge in [-0.15, -0.1) is 0 Å². The Morgan fingerprint density at radius 3 is 2.14 bits per heavy atom. The molecule has 0 aromatic heterocycles. The van der Waals surface area contributed by atoms with E-state index < -0.39 is 29.1 Å². The summed E-state index contributed by atoms with van der Waals surface area (Å²) < 4.78 is 52.1. The summed E-state index contributed by atoms with van der Waals surface area (Å²) in [4.78, 5) is 10.9. The van der Waals surface area contributed by atoms with Crippen LogP contribution in [-0.4, -0.2) is 11.1 Å². The molecular weight excluding hydrogens is 290 g/mol. The van der Waals surface area contributed by atoms with Crippen molar-refractivity contribution in [3.63, 3.8) is 0 Å². The Kier molecular flexibility index (Phi) is 3.59. The van der Waals surface area contributed by atoms with Gasteiger partial charge in [0.05, 0.1) is 11.1 Å². The van der Waals surface area contributed by atoms with Gasteiger partial charge in [-0.2, -0.15) is 13.2 Å². The Morgan fingerprint density at radius 1 is 1.10 bits per heavy atom. The minimum atomic E-state index is -4.76. The fourth-order valence-corrected chi connectivity index (χ4v) is 1.90. The fraction of sp³-hybridized carbons (Fsp3) is 0.0714. The van der Waals surface area contributed by atoms with E-state index in [1.54, 1.807) is 0 Å². The number of benzene rings is 2. The third kappa shape index (κ3) is 2.96. The lowest BCUT2D eigenvalue weighted by Gasteiger charge is -2.15. The molecule has 21 heavy (non-hydrogen) atoms. The number of halogens is 4. The summed E-state index contributed by atoms with van der Waals surface area (Å²) >= 11 is 0. The number of aromatic carboxylic acids is 1. The highest BCUT2D eigenvalue weighted by Gasteiger charge is 2.35. The number of nitrogens with two attached hydrogens (primary N) is 1. The van der Waals surface area contributed by atoms with Crippen molar-refractivity contribution in [2.75, 3.05) is 5.73 Å². The normalized spacial score (nSPS) is 11.4. The van der Waals surface area contributed by atoms with Crippen LogP contribution in [0.1, 0.15) is 15.9 Å². The third-order valence-electron chi connectivity index (χ3n) is 2.88. The molecule has 0 bridgehead atoms. The quantitative estimate of drug-likeness (QED) is 0.655. The van der Waals surface area contributed by atoms with Gasteiger partial charge >= 0.3 is 12.1 Å². The van der Waals surface area contributed by atoms with Crippen LogP contribution in [0, 0.1) is 5.82 Å². The third-order valence-corrected chi connectivity index (χ3v) is 2.88. The van der Waals surface area contributed by atoms with Gasteiger partial charge in [-0.1, -0.05) is 12.1 Å². The van der Waals surface area contributed by atoms with Crippen LogP contribution in [0.3, 0.4) is 0 Å². The van der Waals surface area contributed by atoms with E-state index in [4.69, 9.17) is 10.8 Å². The Hall–Kier alpha value is -2.57. The van der Waals surface area contributed by atoms with Gasteiger partial charge < -0.3 is 10.8 Å². The van der Waals surface area contributed by atoms with E-state index in [2.05, 4.69) is 0 Å². The molecule has 0 spiro atoms. The van der Waals surface area contributed by atoms with E-state index >= 15 is 0 Å². The van der Waals surface area contributed by atoms with Crippen LogP contribution in [0.15, 0.2) is 36.4 Å². The molecule has 3 nitrogen and oxygen atoms in total.